The Hall–Kier alpha value is -5.91. The monoisotopic (exact) mass is 955 g/mol. The minimum absolute atomic E-state index is 0.0188. The van der Waals surface area contributed by atoms with Crippen molar-refractivity contribution < 1.29 is 66.3 Å². The minimum atomic E-state index is -2.38. The number of nitrogens with zero attached hydrogens (tertiary/aromatic N) is 1. The number of nitrogens with one attached hydrogen (secondary N) is 2. The Bertz CT molecular complexity index is 2630. The van der Waals surface area contributed by atoms with Crippen molar-refractivity contribution in [3.8, 4) is 0 Å². The number of amides is 2. The number of hydrogen-bond acceptors (Lipinski definition) is 13. The second kappa shape index (κ2) is 18.1. The molecule has 69 heavy (non-hydrogen) atoms. The molecule has 0 bridgehead atoms. The van der Waals surface area contributed by atoms with Gasteiger partial charge in [-0.3, -0.25) is 29.0 Å². The number of benzene rings is 2. The van der Waals surface area contributed by atoms with Crippen molar-refractivity contribution >= 4 is 52.0 Å². The molecule has 3 N–H and O–H groups in total. The number of aromatic nitrogens is 1. The molecule has 1 aromatic heterocycles. The number of esters is 2. The number of alkyl carbamates (subject to hydrolysis) is 1. The first-order chi connectivity index (χ1) is 32.4. The summed E-state index contributed by atoms with van der Waals surface area (Å²) >= 11 is 0. The zero-order chi connectivity index (χ0) is 49.9. The van der Waals surface area contributed by atoms with E-state index in [-0.39, 0.29) is 50.3 Å². The average Bonchev–Trinajstić information content (AvgIpc) is 3.70. The van der Waals surface area contributed by atoms with Gasteiger partial charge in [0.1, 0.15) is 18.4 Å². The van der Waals surface area contributed by atoms with Gasteiger partial charge in [0.15, 0.2) is 29.4 Å². The summed E-state index contributed by atoms with van der Waals surface area (Å²) in [6, 6.07) is 13.9. The van der Waals surface area contributed by atoms with E-state index >= 15 is 8.78 Å². The number of carbonyl (C=O) groups is 6. The quantitative estimate of drug-likeness (QED) is 0.114. The Labute approximate surface area is 398 Å². The highest BCUT2D eigenvalue weighted by Crippen LogP contribution is 2.72. The molecular formula is C52H59F2N3O12. The van der Waals surface area contributed by atoms with Crippen LogP contribution in [0.4, 0.5) is 19.3 Å². The van der Waals surface area contributed by atoms with Crippen molar-refractivity contribution in [3.63, 3.8) is 0 Å². The zero-order valence-corrected chi connectivity index (χ0v) is 39.8. The SMILES string of the molecule is CC(C)(C)OC(=O)NC[C@@H](C(=O)Nc1ccc2cnccc2c1)c1ccc(COC(=O)CCC(=O)OCC(=O)[C@@]23OC(C)(C)O[C@@H]2C[C@H]2[C@@H]4C[C@H](F)C5=CC(=O)C=C[C@]5(C)[C@@]4(F)[C@@H](O)C[C@@]23C)cc1. The summed E-state index contributed by atoms with van der Waals surface area (Å²) in [6.45, 7) is 10.6. The van der Waals surface area contributed by atoms with Crippen molar-refractivity contribution in [3.05, 3.63) is 95.9 Å². The standard InChI is InChI=1S/C52H59F2N3O12/c1-47(2,3)68-46(64)56-26-35(45(63)57-33-13-12-32-25-55-19-17-31(32)20-33)30-10-8-29(9-11-30)27-65-43(61)14-15-44(62)66-28-41(60)52-42(67-48(4,5)69-52)23-36-37-22-39(53)38-21-34(58)16-18-49(38,6)51(37,54)40(59)24-50(36,52)7/h8-13,16-21,25,35-37,39-40,42,59H,14-15,22-24,26-28H2,1-7H3,(H,56,64)(H,57,63)/t35-,36+,37+,39+,40+,42-,49+,50+,51+,52-/m1/s1. The number of alkyl halides is 2. The number of hydrogen-bond donors (Lipinski definition) is 3. The number of pyridine rings is 1. The van der Waals surface area contributed by atoms with Crippen LogP contribution in [-0.4, -0.2) is 99.8 Å². The van der Waals surface area contributed by atoms with Crippen molar-refractivity contribution in [2.24, 2.45) is 22.7 Å². The number of ether oxygens (including phenoxy) is 5. The molecule has 17 heteroatoms. The van der Waals surface area contributed by atoms with Gasteiger partial charge in [0.05, 0.1) is 31.0 Å². The molecule has 3 aromatic rings. The number of aliphatic hydroxyl groups excluding tert-OH is 1. The van der Waals surface area contributed by atoms with Crippen molar-refractivity contribution in [2.45, 2.75) is 134 Å². The van der Waals surface area contributed by atoms with Gasteiger partial charge in [0, 0.05) is 46.8 Å². The first-order valence-corrected chi connectivity index (χ1v) is 23.3. The van der Waals surface area contributed by atoms with Crippen molar-refractivity contribution in [1.29, 1.82) is 0 Å². The summed E-state index contributed by atoms with van der Waals surface area (Å²) in [4.78, 5) is 83.0. The number of aliphatic hydroxyl groups is 1. The molecule has 3 saturated carbocycles. The molecular weight excluding hydrogens is 897 g/mol. The molecule has 2 amide bonds. The predicted molar refractivity (Wildman–Crippen MR) is 246 cm³/mol. The third-order valence-electron chi connectivity index (χ3n) is 14.8. The Balaban J connectivity index is 0.872. The summed E-state index contributed by atoms with van der Waals surface area (Å²) in [6.07, 6.45) is 0.747. The lowest BCUT2D eigenvalue weighted by Gasteiger charge is -2.63. The average molecular weight is 956 g/mol. The van der Waals surface area contributed by atoms with Gasteiger partial charge in [0.2, 0.25) is 11.7 Å². The Morgan fingerprint density at radius 3 is 2.36 bits per heavy atom. The summed E-state index contributed by atoms with van der Waals surface area (Å²) in [7, 11) is 0. The van der Waals surface area contributed by atoms with Crippen LogP contribution in [0.1, 0.15) is 97.6 Å². The van der Waals surface area contributed by atoms with Crippen molar-refractivity contribution in [2.75, 3.05) is 18.5 Å². The maximum atomic E-state index is 17.8. The molecule has 2 heterocycles. The zero-order valence-electron chi connectivity index (χ0n) is 39.8. The fourth-order valence-corrected chi connectivity index (χ4v) is 11.7. The van der Waals surface area contributed by atoms with Crippen LogP contribution in [-0.2, 0) is 54.3 Å². The summed E-state index contributed by atoms with van der Waals surface area (Å²) in [5, 5.41) is 19.2. The molecule has 1 saturated heterocycles. The number of fused-ring (bicyclic) bond motifs is 8. The van der Waals surface area contributed by atoms with Crippen LogP contribution in [0.15, 0.2) is 84.7 Å². The number of halogens is 2. The highest BCUT2D eigenvalue weighted by atomic mass is 19.1. The van der Waals surface area contributed by atoms with Gasteiger partial charge < -0.3 is 39.4 Å². The Kier molecular flexibility index (Phi) is 13.0. The van der Waals surface area contributed by atoms with E-state index in [4.69, 9.17) is 23.7 Å². The fraction of sp³-hybridized carbons (Fsp3) is 0.519. The van der Waals surface area contributed by atoms with E-state index in [1.807, 2.05) is 18.2 Å². The Morgan fingerprint density at radius 2 is 1.65 bits per heavy atom. The van der Waals surface area contributed by atoms with Crippen LogP contribution in [0, 0.1) is 22.7 Å². The Morgan fingerprint density at radius 1 is 0.942 bits per heavy atom. The molecule has 0 spiro atoms. The van der Waals surface area contributed by atoms with Gasteiger partial charge >= 0.3 is 18.0 Å². The molecule has 10 atom stereocenters. The molecule has 2 aromatic carbocycles. The van der Waals surface area contributed by atoms with Crippen LogP contribution in [0.3, 0.4) is 0 Å². The first kappa shape index (κ1) is 49.5. The molecule has 15 nitrogen and oxygen atoms in total. The largest absolute Gasteiger partial charge is 0.461 e. The minimum Gasteiger partial charge on any atom is -0.461 e. The van der Waals surface area contributed by atoms with E-state index in [2.05, 4.69) is 15.6 Å². The second-order valence-corrected chi connectivity index (χ2v) is 20.8. The van der Waals surface area contributed by atoms with Gasteiger partial charge in [-0.1, -0.05) is 43.3 Å². The lowest BCUT2D eigenvalue weighted by molar-refractivity contribution is -0.249. The number of carbonyl (C=O) groups excluding carboxylic acids is 6. The molecule has 368 valence electrons. The van der Waals surface area contributed by atoms with E-state index < -0.39 is 112 Å². The second-order valence-electron chi connectivity index (χ2n) is 20.8. The van der Waals surface area contributed by atoms with Crippen LogP contribution < -0.4 is 10.6 Å². The highest BCUT2D eigenvalue weighted by molar-refractivity contribution is 6.01. The predicted octanol–water partition coefficient (Wildman–Crippen LogP) is 7.24. The van der Waals surface area contributed by atoms with Crippen molar-refractivity contribution in [1.82, 2.24) is 10.3 Å². The number of allylic oxidation sites excluding steroid dienone is 4. The van der Waals surface area contributed by atoms with Crippen LogP contribution in [0.2, 0.25) is 0 Å². The molecule has 0 radical (unpaired) electrons. The number of anilines is 1. The summed E-state index contributed by atoms with van der Waals surface area (Å²) < 4.78 is 62.7. The van der Waals surface area contributed by atoms with E-state index in [9.17, 15) is 33.9 Å². The van der Waals surface area contributed by atoms with E-state index in [0.717, 1.165) is 16.8 Å². The number of rotatable bonds is 13. The summed E-state index contributed by atoms with van der Waals surface area (Å²) in [5.74, 6) is -7.03. The molecule has 0 unspecified atom stereocenters. The van der Waals surface area contributed by atoms with Crippen LogP contribution >= 0.6 is 0 Å². The van der Waals surface area contributed by atoms with E-state index in [0.29, 0.717) is 16.8 Å². The maximum Gasteiger partial charge on any atom is 0.407 e. The van der Waals surface area contributed by atoms with Gasteiger partial charge in [-0.2, -0.15) is 0 Å². The lowest BCUT2D eigenvalue weighted by atomic mass is 9.44. The lowest BCUT2D eigenvalue weighted by Crippen LogP contribution is -2.71. The molecule has 4 aliphatic carbocycles. The topological polar surface area (TPSA) is 206 Å². The fourth-order valence-electron chi connectivity index (χ4n) is 11.7. The van der Waals surface area contributed by atoms with Crippen LogP contribution in [0.25, 0.3) is 10.8 Å². The van der Waals surface area contributed by atoms with E-state index in [1.165, 1.54) is 19.1 Å². The van der Waals surface area contributed by atoms with Gasteiger partial charge in [-0.05, 0) is 119 Å². The summed E-state index contributed by atoms with van der Waals surface area (Å²) in [5.41, 5.74) is -6.18. The smallest absolute Gasteiger partial charge is 0.407 e. The first-order valence-electron chi connectivity index (χ1n) is 23.3. The molecule has 1 aliphatic heterocycles. The van der Waals surface area contributed by atoms with Crippen LogP contribution in [0.5, 0.6) is 0 Å². The highest BCUT2D eigenvalue weighted by Gasteiger charge is 2.80. The third-order valence-corrected chi connectivity index (χ3v) is 14.8. The normalized spacial score (nSPS) is 31.2. The van der Waals surface area contributed by atoms with E-state index in [1.54, 1.807) is 84.3 Å². The van der Waals surface area contributed by atoms with Gasteiger partial charge in [-0.15, -0.1) is 0 Å². The van der Waals surface area contributed by atoms with Gasteiger partial charge in [-0.25, -0.2) is 13.6 Å². The molecule has 8 rings (SSSR count). The number of ketones is 2. The van der Waals surface area contributed by atoms with Gasteiger partial charge in [0.25, 0.3) is 0 Å². The molecule has 5 aliphatic rings. The third kappa shape index (κ3) is 9.09. The maximum absolute atomic E-state index is 17.8. The molecule has 4 fully saturated rings. The number of Topliss-reactive ketones (excluding diaryl/α,β-unsaturated/α-hetero) is 1.